The Bertz CT molecular complexity index is 1010. The number of hydrogen-bond donors (Lipinski definition) is 1. The molecule has 1 aromatic rings. The molecule has 0 radical (unpaired) electrons. The number of nitrogens with one attached hydrogen (secondary N) is 1. The summed E-state index contributed by atoms with van der Waals surface area (Å²) in [7, 11) is -3.84. The predicted octanol–water partition coefficient (Wildman–Crippen LogP) is 2.63. The molecule has 4 aliphatic carbocycles. The topological polar surface area (TPSA) is 133 Å². The average Bonchev–Trinajstić information content (AvgIpc) is 2.65. The van der Waals surface area contributed by atoms with Gasteiger partial charge in [-0.25, -0.2) is 13.2 Å². The van der Waals surface area contributed by atoms with Gasteiger partial charge in [0, 0.05) is 17.9 Å². The van der Waals surface area contributed by atoms with E-state index < -0.39 is 37.4 Å². The van der Waals surface area contributed by atoms with Crippen molar-refractivity contribution in [2.24, 2.45) is 17.8 Å². The maximum absolute atomic E-state index is 12.8. The lowest BCUT2D eigenvalue weighted by atomic mass is 9.53. The maximum atomic E-state index is 12.8. The molecule has 0 aliphatic heterocycles. The van der Waals surface area contributed by atoms with Crippen molar-refractivity contribution < 1.29 is 27.7 Å². The highest BCUT2D eigenvalue weighted by Gasteiger charge is 2.51. The highest BCUT2D eigenvalue weighted by Crippen LogP contribution is 2.55. The van der Waals surface area contributed by atoms with E-state index in [0.717, 1.165) is 43.7 Å². The molecule has 0 aromatic heterocycles. The van der Waals surface area contributed by atoms with Crippen LogP contribution in [0.3, 0.4) is 0 Å². The molecule has 1 aromatic carbocycles. The van der Waals surface area contributed by atoms with Crippen LogP contribution in [0, 0.1) is 27.9 Å². The number of ether oxygens (including phenoxy) is 1. The molecule has 4 fully saturated rings. The number of hydrogen-bond acceptors (Lipinski definition) is 7. The van der Waals surface area contributed by atoms with Gasteiger partial charge in [0.15, 0.2) is 15.9 Å². The molecular formula is C21H26N2O7S. The van der Waals surface area contributed by atoms with E-state index in [2.05, 4.69) is 5.32 Å². The highest BCUT2D eigenvalue weighted by molar-refractivity contribution is 7.90. The third-order valence-corrected chi connectivity index (χ3v) is 8.01. The second-order valence-corrected chi connectivity index (χ2v) is 11.4. The lowest BCUT2D eigenvalue weighted by Crippen LogP contribution is -2.61. The van der Waals surface area contributed by atoms with Crippen molar-refractivity contribution in [2.45, 2.75) is 62.0 Å². The molecule has 31 heavy (non-hydrogen) atoms. The molecule has 10 heteroatoms. The van der Waals surface area contributed by atoms with Gasteiger partial charge in [0.2, 0.25) is 0 Å². The van der Waals surface area contributed by atoms with Gasteiger partial charge in [-0.15, -0.1) is 0 Å². The summed E-state index contributed by atoms with van der Waals surface area (Å²) in [5.41, 5.74) is -1.11. The summed E-state index contributed by atoms with van der Waals surface area (Å²) in [5.74, 6) is 0.656. The number of benzene rings is 1. The number of esters is 1. The maximum Gasteiger partial charge on any atom is 0.339 e. The first-order valence-corrected chi connectivity index (χ1v) is 12.4. The van der Waals surface area contributed by atoms with Crippen molar-refractivity contribution in [1.29, 1.82) is 0 Å². The standard InChI is InChI=1S/C21H26N2O7S/c1-12(19(24)22-21-9-13-5-14(10-21)7-15(6-13)11-21)30-20(25)16-3-4-18(31(2,28)29)17(8-16)23(26)27/h3-4,8,12-15H,5-7,9-11H2,1-2H3,(H,22,24). The Morgan fingerprint density at radius 2 is 1.71 bits per heavy atom. The minimum atomic E-state index is -3.84. The molecule has 0 spiro atoms. The van der Waals surface area contributed by atoms with Crippen LogP contribution >= 0.6 is 0 Å². The second-order valence-electron chi connectivity index (χ2n) is 9.45. The molecule has 1 amide bonds. The van der Waals surface area contributed by atoms with Crippen LogP contribution in [-0.2, 0) is 19.4 Å². The Kier molecular flexibility index (Phi) is 5.31. The van der Waals surface area contributed by atoms with Crippen LogP contribution in [0.15, 0.2) is 23.1 Å². The Balaban J connectivity index is 1.44. The number of nitro groups is 1. The zero-order valence-electron chi connectivity index (χ0n) is 17.5. The average molecular weight is 451 g/mol. The van der Waals surface area contributed by atoms with E-state index in [1.54, 1.807) is 0 Å². The van der Waals surface area contributed by atoms with Gasteiger partial charge in [0.1, 0.15) is 4.90 Å². The van der Waals surface area contributed by atoms with E-state index in [-0.39, 0.29) is 17.0 Å². The highest BCUT2D eigenvalue weighted by atomic mass is 32.2. The largest absolute Gasteiger partial charge is 0.449 e. The molecule has 4 saturated carbocycles. The summed E-state index contributed by atoms with van der Waals surface area (Å²) in [4.78, 5) is 35.2. The SMILES string of the molecule is CC(OC(=O)c1ccc(S(C)(=O)=O)c([N+](=O)[O-])c1)C(=O)NC12CC3CC(CC(C3)C1)C2. The Hall–Kier alpha value is -2.49. The van der Waals surface area contributed by atoms with Crippen molar-refractivity contribution in [2.75, 3.05) is 6.26 Å². The minimum Gasteiger partial charge on any atom is -0.449 e. The molecule has 1 atom stereocenters. The van der Waals surface area contributed by atoms with Crippen LogP contribution in [0.4, 0.5) is 5.69 Å². The number of sulfone groups is 1. The first kappa shape index (κ1) is 21.7. The molecule has 5 rings (SSSR count). The fourth-order valence-corrected chi connectivity index (χ4v) is 6.84. The molecular weight excluding hydrogens is 424 g/mol. The summed E-state index contributed by atoms with van der Waals surface area (Å²) in [6.45, 7) is 1.47. The van der Waals surface area contributed by atoms with Gasteiger partial charge in [0.05, 0.1) is 10.5 Å². The van der Waals surface area contributed by atoms with Crippen molar-refractivity contribution in [3.63, 3.8) is 0 Å². The van der Waals surface area contributed by atoms with Crippen LogP contribution in [-0.4, -0.2) is 43.1 Å². The van der Waals surface area contributed by atoms with E-state index in [0.29, 0.717) is 17.8 Å². The van der Waals surface area contributed by atoms with E-state index in [1.807, 2.05) is 0 Å². The minimum absolute atomic E-state index is 0.187. The zero-order valence-corrected chi connectivity index (χ0v) is 18.3. The van der Waals surface area contributed by atoms with Gasteiger partial charge < -0.3 is 10.1 Å². The molecule has 4 bridgehead atoms. The van der Waals surface area contributed by atoms with Crippen molar-refractivity contribution in [3.8, 4) is 0 Å². The fourth-order valence-electron chi connectivity index (χ4n) is 6.01. The Morgan fingerprint density at radius 1 is 1.16 bits per heavy atom. The summed E-state index contributed by atoms with van der Waals surface area (Å²) in [6.07, 6.45) is 6.38. The molecule has 1 N–H and O–H groups in total. The zero-order chi connectivity index (χ0) is 22.6. The molecule has 9 nitrogen and oxygen atoms in total. The van der Waals surface area contributed by atoms with Gasteiger partial charge in [-0.2, -0.15) is 0 Å². The van der Waals surface area contributed by atoms with Gasteiger partial charge in [-0.05, 0) is 75.3 Å². The fraction of sp³-hybridized carbons (Fsp3) is 0.619. The van der Waals surface area contributed by atoms with E-state index in [4.69, 9.17) is 4.74 Å². The molecule has 0 heterocycles. The van der Waals surface area contributed by atoms with Gasteiger partial charge in [0.25, 0.3) is 11.6 Å². The van der Waals surface area contributed by atoms with E-state index >= 15 is 0 Å². The molecule has 4 aliphatic rings. The summed E-state index contributed by atoms with van der Waals surface area (Å²) < 4.78 is 28.7. The normalized spacial score (nSPS) is 29.9. The Labute approximate surface area is 180 Å². The smallest absolute Gasteiger partial charge is 0.339 e. The van der Waals surface area contributed by atoms with Crippen LogP contribution in [0.2, 0.25) is 0 Å². The van der Waals surface area contributed by atoms with Crippen LogP contribution in [0.5, 0.6) is 0 Å². The predicted molar refractivity (Wildman–Crippen MR) is 110 cm³/mol. The number of carbonyl (C=O) groups excluding carboxylic acids is 2. The van der Waals surface area contributed by atoms with Crippen LogP contribution in [0.25, 0.3) is 0 Å². The third-order valence-electron chi connectivity index (χ3n) is 6.87. The van der Waals surface area contributed by atoms with Gasteiger partial charge in [-0.1, -0.05) is 0 Å². The number of carbonyl (C=O) groups is 2. The molecule has 0 saturated heterocycles. The third kappa shape index (κ3) is 4.30. The van der Waals surface area contributed by atoms with E-state index in [1.165, 1.54) is 26.2 Å². The number of rotatable bonds is 6. The summed E-state index contributed by atoms with van der Waals surface area (Å²) in [5, 5.41) is 14.4. The van der Waals surface area contributed by atoms with Gasteiger partial charge >= 0.3 is 5.97 Å². The molecule has 168 valence electrons. The van der Waals surface area contributed by atoms with Crippen LogP contribution in [0.1, 0.15) is 55.8 Å². The molecule has 1 unspecified atom stereocenters. The van der Waals surface area contributed by atoms with Crippen molar-refractivity contribution in [1.82, 2.24) is 5.32 Å². The quantitative estimate of drug-likeness (QED) is 0.400. The number of nitrogens with zero attached hydrogens (tertiary/aromatic N) is 1. The summed E-state index contributed by atoms with van der Waals surface area (Å²) in [6, 6.07) is 3.02. The number of nitro benzene ring substituents is 1. The second kappa shape index (κ2) is 7.58. The lowest BCUT2D eigenvalue weighted by molar-refractivity contribution is -0.387. The Morgan fingerprint density at radius 3 is 2.19 bits per heavy atom. The first-order valence-electron chi connectivity index (χ1n) is 10.5. The summed E-state index contributed by atoms with van der Waals surface area (Å²) >= 11 is 0. The monoisotopic (exact) mass is 450 g/mol. The van der Waals surface area contributed by atoms with E-state index in [9.17, 15) is 28.1 Å². The van der Waals surface area contributed by atoms with Crippen LogP contribution < -0.4 is 5.32 Å². The van der Waals surface area contributed by atoms with Crippen molar-refractivity contribution in [3.05, 3.63) is 33.9 Å². The first-order chi connectivity index (χ1) is 14.5. The van der Waals surface area contributed by atoms with Gasteiger partial charge in [-0.3, -0.25) is 14.9 Å². The lowest BCUT2D eigenvalue weighted by Gasteiger charge is -2.57. The van der Waals surface area contributed by atoms with Crippen molar-refractivity contribution >= 4 is 27.4 Å². The number of amides is 1.